The van der Waals surface area contributed by atoms with Gasteiger partial charge in [-0.3, -0.25) is 4.79 Å². The van der Waals surface area contributed by atoms with Crippen LogP contribution < -0.4 is 5.46 Å². The van der Waals surface area contributed by atoms with Gasteiger partial charge in [-0.05, 0) is 45.6 Å². The van der Waals surface area contributed by atoms with E-state index in [-0.39, 0.29) is 11.2 Å². The average molecular weight is 276 g/mol. The second-order valence-corrected chi connectivity index (χ2v) is 6.31. The van der Waals surface area contributed by atoms with Crippen LogP contribution in [0.2, 0.25) is 0 Å². The fourth-order valence-electron chi connectivity index (χ4n) is 2.06. The second kappa shape index (κ2) is 4.90. The highest BCUT2D eigenvalue weighted by Crippen LogP contribution is 2.36. The van der Waals surface area contributed by atoms with Gasteiger partial charge in [0.1, 0.15) is 0 Å². The number of rotatable bonds is 3. The zero-order chi connectivity index (χ0) is 15.1. The predicted molar refractivity (Wildman–Crippen MR) is 78.2 cm³/mol. The summed E-state index contributed by atoms with van der Waals surface area (Å²) >= 11 is 0. The van der Waals surface area contributed by atoms with Crippen molar-refractivity contribution in [2.45, 2.75) is 51.7 Å². The van der Waals surface area contributed by atoms with Gasteiger partial charge in [0.05, 0.1) is 17.1 Å². The molecule has 1 aromatic carbocycles. The van der Waals surface area contributed by atoms with Crippen molar-refractivity contribution >= 4 is 18.6 Å². The van der Waals surface area contributed by atoms with E-state index in [1.54, 1.807) is 6.92 Å². The molecular weight excluding hydrogens is 255 g/mol. The van der Waals surface area contributed by atoms with Crippen molar-refractivity contribution in [2.75, 3.05) is 0 Å². The molecule has 4 nitrogen and oxygen atoms in total. The number of carboxylic acids is 1. The van der Waals surface area contributed by atoms with Gasteiger partial charge in [0.2, 0.25) is 0 Å². The summed E-state index contributed by atoms with van der Waals surface area (Å²) in [6.45, 7) is 9.70. The Morgan fingerprint density at radius 2 is 1.55 bits per heavy atom. The summed E-state index contributed by atoms with van der Waals surface area (Å²) in [6, 6.07) is 7.38. The van der Waals surface area contributed by atoms with Gasteiger partial charge in [-0.25, -0.2) is 0 Å². The molecule has 0 aromatic heterocycles. The van der Waals surface area contributed by atoms with Crippen LogP contribution in [0.3, 0.4) is 0 Å². The van der Waals surface area contributed by atoms with Gasteiger partial charge in [0, 0.05) is 0 Å². The molecule has 0 saturated carbocycles. The Morgan fingerprint density at radius 3 is 1.95 bits per heavy atom. The lowest BCUT2D eigenvalue weighted by molar-refractivity contribution is -0.138. The average Bonchev–Trinajstić information content (AvgIpc) is 2.57. The van der Waals surface area contributed by atoms with E-state index >= 15 is 0 Å². The standard InChI is InChI=1S/C15H21BO4/c1-10(13(17)18)11-6-8-12(9-7-11)16-19-14(2,3)15(4,5)20-16/h6-10H,1-5H3,(H,17,18). The molecule has 0 bridgehead atoms. The summed E-state index contributed by atoms with van der Waals surface area (Å²) in [5.74, 6) is -1.34. The molecule has 1 aliphatic rings. The third kappa shape index (κ3) is 2.60. The molecule has 0 spiro atoms. The molecule has 1 aliphatic heterocycles. The molecule has 2 rings (SSSR count). The SMILES string of the molecule is CC(C(=O)O)c1ccc(B2OC(C)(C)C(C)(C)O2)cc1. The first-order valence-electron chi connectivity index (χ1n) is 6.82. The monoisotopic (exact) mass is 276 g/mol. The molecule has 1 fully saturated rings. The Balaban J connectivity index is 2.18. The van der Waals surface area contributed by atoms with Gasteiger partial charge in [0.25, 0.3) is 0 Å². The summed E-state index contributed by atoms with van der Waals surface area (Å²) in [7, 11) is -0.408. The van der Waals surface area contributed by atoms with E-state index < -0.39 is 19.0 Å². The van der Waals surface area contributed by atoms with E-state index in [2.05, 4.69) is 0 Å². The van der Waals surface area contributed by atoms with Crippen LogP contribution in [0.4, 0.5) is 0 Å². The summed E-state index contributed by atoms with van der Waals surface area (Å²) < 4.78 is 11.9. The third-order valence-corrected chi connectivity index (χ3v) is 4.33. The van der Waals surface area contributed by atoms with Crippen molar-refractivity contribution in [3.05, 3.63) is 29.8 Å². The lowest BCUT2D eigenvalue weighted by Gasteiger charge is -2.32. The predicted octanol–water partition coefficient (Wildman–Crippen LogP) is 2.17. The lowest BCUT2D eigenvalue weighted by Crippen LogP contribution is -2.41. The Bertz CT molecular complexity index is 491. The number of carboxylic acid groups (broad SMARTS) is 1. The Labute approximate surface area is 120 Å². The van der Waals surface area contributed by atoms with Crippen molar-refractivity contribution in [3.63, 3.8) is 0 Å². The minimum Gasteiger partial charge on any atom is -0.481 e. The van der Waals surface area contributed by atoms with E-state index in [1.165, 1.54) is 0 Å². The Morgan fingerprint density at radius 1 is 1.10 bits per heavy atom. The molecule has 1 atom stereocenters. The van der Waals surface area contributed by atoms with Crippen LogP contribution in [0.15, 0.2) is 24.3 Å². The van der Waals surface area contributed by atoms with E-state index in [0.717, 1.165) is 11.0 Å². The molecule has 1 N–H and O–H groups in total. The number of aliphatic carboxylic acids is 1. The lowest BCUT2D eigenvalue weighted by atomic mass is 9.78. The molecule has 1 unspecified atom stereocenters. The molecule has 20 heavy (non-hydrogen) atoms. The number of carbonyl (C=O) groups is 1. The van der Waals surface area contributed by atoms with Crippen LogP contribution in [-0.2, 0) is 14.1 Å². The molecular formula is C15H21BO4. The van der Waals surface area contributed by atoms with Gasteiger partial charge in [0.15, 0.2) is 0 Å². The molecule has 1 heterocycles. The molecule has 1 saturated heterocycles. The second-order valence-electron chi connectivity index (χ2n) is 6.31. The van der Waals surface area contributed by atoms with Crippen LogP contribution in [0, 0.1) is 0 Å². The molecule has 108 valence electrons. The fraction of sp³-hybridized carbons (Fsp3) is 0.533. The molecule has 5 heteroatoms. The molecule has 1 aromatic rings. The first-order valence-corrected chi connectivity index (χ1v) is 6.82. The maximum absolute atomic E-state index is 11.0. The maximum atomic E-state index is 11.0. The first kappa shape index (κ1) is 15.1. The van der Waals surface area contributed by atoms with Crippen molar-refractivity contribution in [2.24, 2.45) is 0 Å². The van der Waals surface area contributed by atoms with Crippen molar-refractivity contribution < 1.29 is 19.2 Å². The first-order chi connectivity index (χ1) is 9.14. The van der Waals surface area contributed by atoms with Crippen LogP contribution in [0.5, 0.6) is 0 Å². The fourth-order valence-corrected chi connectivity index (χ4v) is 2.06. The summed E-state index contributed by atoms with van der Waals surface area (Å²) in [5.41, 5.74) is 0.942. The summed E-state index contributed by atoms with van der Waals surface area (Å²) in [5, 5.41) is 9.00. The van der Waals surface area contributed by atoms with Gasteiger partial charge in [-0.1, -0.05) is 24.3 Å². The zero-order valence-electron chi connectivity index (χ0n) is 12.6. The highest BCUT2D eigenvalue weighted by atomic mass is 16.7. The highest BCUT2D eigenvalue weighted by molar-refractivity contribution is 6.62. The molecule has 0 amide bonds. The molecule has 0 radical (unpaired) electrons. The number of hydrogen-bond acceptors (Lipinski definition) is 3. The van der Waals surface area contributed by atoms with Gasteiger partial charge in [-0.15, -0.1) is 0 Å². The smallest absolute Gasteiger partial charge is 0.481 e. The van der Waals surface area contributed by atoms with Crippen molar-refractivity contribution in [1.29, 1.82) is 0 Å². The third-order valence-electron chi connectivity index (χ3n) is 4.33. The number of benzene rings is 1. The maximum Gasteiger partial charge on any atom is 0.494 e. The Hall–Kier alpha value is -1.33. The summed E-state index contributed by atoms with van der Waals surface area (Å²) in [6.07, 6.45) is 0. The quantitative estimate of drug-likeness (QED) is 0.860. The van der Waals surface area contributed by atoms with Crippen molar-refractivity contribution in [1.82, 2.24) is 0 Å². The van der Waals surface area contributed by atoms with Crippen LogP contribution in [0.1, 0.15) is 46.1 Å². The molecule has 0 aliphatic carbocycles. The Kier molecular flexibility index (Phi) is 3.69. The largest absolute Gasteiger partial charge is 0.494 e. The number of hydrogen-bond donors (Lipinski definition) is 1. The van der Waals surface area contributed by atoms with Gasteiger partial charge in [-0.2, -0.15) is 0 Å². The van der Waals surface area contributed by atoms with Gasteiger partial charge >= 0.3 is 13.1 Å². The van der Waals surface area contributed by atoms with Crippen molar-refractivity contribution in [3.8, 4) is 0 Å². The van der Waals surface area contributed by atoms with Gasteiger partial charge < -0.3 is 14.4 Å². The van der Waals surface area contributed by atoms with E-state index in [0.29, 0.717) is 0 Å². The van der Waals surface area contributed by atoms with Crippen LogP contribution >= 0.6 is 0 Å². The zero-order valence-corrected chi connectivity index (χ0v) is 12.6. The van der Waals surface area contributed by atoms with E-state index in [1.807, 2.05) is 52.0 Å². The highest BCUT2D eigenvalue weighted by Gasteiger charge is 2.51. The normalized spacial score (nSPS) is 21.8. The minimum absolute atomic E-state index is 0.370. The minimum atomic E-state index is -0.826. The topological polar surface area (TPSA) is 55.8 Å². The van der Waals surface area contributed by atoms with E-state index in [4.69, 9.17) is 14.4 Å². The summed E-state index contributed by atoms with van der Waals surface area (Å²) in [4.78, 5) is 11.0. The van der Waals surface area contributed by atoms with Crippen LogP contribution in [-0.4, -0.2) is 29.4 Å². The van der Waals surface area contributed by atoms with E-state index in [9.17, 15) is 4.79 Å². The van der Waals surface area contributed by atoms with Crippen LogP contribution in [0.25, 0.3) is 0 Å².